The van der Waals surface area contributed by atoms with Gasteiger partial charge >= 0.3 is 0 Å². The van der Waals surface area contributed by atoms with E-state index in [9.17, 15) is 4.39 Å². The molecule has 8 heteroatoms. The van der Waals surface area contributed by atoms with Crippen LogP contribution >= 0.6 is 0 Å². The van der Waals surface area contributed by atoms with Crippen molar-refractivity contribution in [3.63, 3.8) is 0 Å². The first-order valence-corrected chi connectivity index (χ1v) is 9.47. The van der Waals surface area contributed by atoms with Gasteiger partial charge in [0, 0.05) is 43.9 Å². The Balaban J connectivity index is 1.47. The van der Waals surface area contributed by atoms with Gasteiger partial charge < -0.3 is 10.2 Å². The zero-order chi connectivity index (χ0) is 20.8. The average Bonchev–Trinajstić information content (AvgIpc) is 2.80. The highest BCUT2D eigenvalue weighted by Gasteiger charge is 2.11. The van der Waals surface area contributed by atoms with Gasteiger partial charge in [-0.15, -0.1) is 0 Å². The molecule has 0 fully saturated rings. The lowest BCUT2D eigenvalue weighted by atomic mass is 10.2. The number of benzene rings is 1. The number of nitrogens with one attached hydrogen (secondary N) is 1. The number of anilines is 3. The molecule has 0 radical (unpaired) electrons. The predicted molar refractivity (Wildman–Crippen MR) is 114 cm³/mol. The summed E-state index contributed by atoms with van der Waals surface area (Å²) in [4.78, 5) is 23.6. The average molecular weight is 401 g/mol. The van der Waals surface area contributed by atoms with E-state index in [4.69, 9.17) is 0 Å². The summed E-state index contributed by atoms with van der Waals surface area (Å²) >= 11 is 0. The highest BCUT2D eigenvalue weighted by Crippen LogP contribution is 2.23. The smallest absolute Gasteiger partial charge is 0.224 e. The van der Waals surface area contributed by atoms with Crippen molar-refractivity contribution >= 4 is 17.6 Å². The maximum absolute atomic E-state index is 13.5. The molecular weight excluding hydrogens is 381 g/mol. The van der Waals surface area contributed by atoms with Crippen LogP contribution in [0.25, 0.3) is 11.4 Å². The van der Waals surface area contributed by atoms with Crippen molar-refractivity contribution in [2.75, 3.05) is 23.8 Å². The summed E-state index contributed by atoms with van der Waals surface area (Å²) in [6.45, 7) is 0.691. The normalized spacial score (nSPS) is 10.6. The highest BCUT2D eigenvalue weighted by molar-refractivity contribution is 5.61. The lowest BCUT2D eigenvalue weighted by molar-refractivity contribution is 0.628. The Bertz CT molecular complexity index is 1120. The van der Waals surface area contributed by atoms with E-state index in [0.29, 0.717) is 35.5 Å². The second-order valence-corrected chi connectivity index (χ2v) is 6.58. The second kappa shape index (κ2) is 9.04. The minimum absolute atomic E-state index is 0.326. The van der Waals surface area contributed by atoms with Crippen molar-refractivity contribution in [1.29, 1.82) is 0 Å². The molecule has 1 N–H and O–H groups in total. The number of halogens is 1. The van der Waals surface area contributed by atoms with Gasteiger partial charge in [0.1, 0.15) is 17.5 Å². The van der Waals surface area contributed by atoms with Crippen molar-refractivity contribution in [1.82, 2.24) is 24.9 Å². The van der Waals surface area contributed by atoms with Gasteiger partial charge in [-0.05, 0) is 42.3 Å². The van der Waals surface area contributed by atoms with E-state index in [1.165, 1.54) is 12.1 Å². The van der Waals surface area contributed by atoms with Crippen LogP contribution in [0, 0.1) is 5.82 Å². The number of hydrogen-bond acceptors (Lipinski definition) is 7. The molecule has 3 heterocycles. The van der Waals surface area contributed by atoms with Gasteiger partial charge in [0.05, 0.1) is 0 Å². The Morgan fingerprint density at radius 2 is 1.77 bits per heavy atom. The zero-order valence-electron chi connectivity index (χ0n) is 16.4. The molecular formula is C22H20FN7. The topological polar surface area (TPSA) is 79.7 Å². The molecule has 0 spiro atoms. The fourth-order valence-corrected chi connectivity index (χ4v) is 2.91. The third-order valence-electron chi connectivity index (χ3n) is 4.47. The van der Waals surface area contributed by atoms with Gasteiger partial charge in [0.15, 0.2) is 5.82 Å². The van der Waals surface area contributed by atoms with E-state index < -0.39 is 0 Å². The first kappa shape index (κ1) is 19.4. The minimum Gasteiger partial charge on any atom is -0.354 e. The van der Waals surface area contributed by atoms with E-state index in [0.717, 1.165) is 12.0 Å². The molecule has 0 saturated heterocycles. The summed E-state index contributed by atoms with van der Waals surface area (Å²) in [5, 5.41) is 3.23. The molecule has 7 nitrogen and oxygen atoms in total. The highest BCUT2D eigenvalue weighted by atomic mass is 19.1. The van der Waals surface area contributed by atoms with Crippen LogP contribution < -0.4 is 10.2 Å². The van der Waals surface area contributed by atoms with E-state index in [-0.39, 0.29) is 5.82 Å². The van der Waals surface area contributed by atoms with E-state index >= 15 is 0 Å². The molecule has 0 aliphatic heterocycles. The predicted octanol–water partition coefficient (Wildman–Crippen LogP) is 3.89. The van der Waals surface area contributed by atoms with Crippen LogP contribution in [-0.4, -0.2) is 38.5 Å². The maximum Gasteiger partial charge on any atom is 0.224 e. The molecule has 0 saturated carbocycles. The van der Waals surface area contributed by atoms with Gasteiger partial charge in [0.2, 0.25) is 5.95 Å². The van der Waals surface area contributed by atoms with Crippen LogP contribution in [0.4, 0.5) is 22.0 Å². The Hall–Kier alpha value is -3.94. The molecule has 3 aromatic heterocycles. The Morgan fingerprint density at radius 1 is 0.933 bits per heavy atom. The van der Waals surface area contributed by atoms with Crippen LogP contribution in [0.2, 0.25) is 0 Å². The number of rotatable bonds is 7. The van der Waals surface area contributed by atoms with Crippen LogP contribution in [0.1, 0.15) is 5.56 Å². The Labute approximate surface area is 173 Å². The molecule has 0 amide bonds. The molecule has 1 aromatic carbocycles. The van der Waals surface area contributed by atoms with E-state index in [1.54, 1.807) is 42.9 Å². The molecule has 0 aliphatic carbocycles. The number of nitrogens with zero attached hydrogens (tertiary/aromatic N) is 6. The van der Waals surface area contributed by atoms with Crippen molar-refractivity contribution in [2.24, 2.45) is 0 Å². The summed E-state index contributed by atoms with van der Waals surface area (Å²) in [5.74, 6) is 1.97. The van der Waals surface area contributed by atoms with Crippen LogP contribution in [0.15, 0.2) is 73.3 Å². The molecule has 0 aliphatic rings. The van der Waals surface area contributed by atoms with Gasteiger partial charge in [-0.1, -0.05) is 18.2 Å². The number of pyridine rings is 1. The Kier molecular flexibility index (Phi) is 5.84. The SMILES string of the molecule is CN(c1ccnc(NCCc2cccnc2)n1)c1ccnc(-c2cccc(F)c2)n1. The second-order valence-electron chi connectivity index (χ2n) is 6.58. The molecule has 0 atom stereocenters. The number of hydrogen-bond donors (Lipinski definition) is 1. The fourth-order valence-electron chi connectivity index (χ4n) is 2.91. The quantitative estimate of drug-likeness (QED) is 0.503. The monoisotopic (exact) mass is 401 g/mol. The molecule has 0 bridgehead atoms. The zero-order valence-corrected chi connectivity index (χ0v) is 16.4. The maximum atomic E-state index is 13.5. The van der Waals surface area contributed by atoms with E-state index in [2.05, 4.69) is 30.2 Å². The third kappa shape index (κ3) is 4.72. The summed E-state index contributed by atoms with van der Waals surface area (Å²) < 4.78 is 13.5. The largest absolute Gasteiger partial charge is 0.354 e. The Morgan fingerprint density at radius 3 is 2.57 bits per heavy atom. The van der Waals surface area contributed by atoms with E-state index in [1.807, 2.05) is 30.3 Å². The summed E-state index contributed by atoms with van der Waals surface area (Å²) in [6, 6.07) is 13.7. The lowest BCUT2D eigenvalue weighted by Crippen LogP contribution is -2.15. The summed E-state index contributed by atoms with van der Waals surface area (Å²) in [7, 11) is 1.86. The lowest BCUT2D eigenvalue weighted by Gasteiger charge is -2.18. The van der Waals surface area contributed by atoms with Gasteiger partial charge in [-0.25, -0.2) is 19.3 Å². The molecule has 0 unspecified atom stereocenters. The molecule has 30 heavy (non-hydrogen) atoms. The third-order valence-corrected chi connectivity index (χ3v) is 4.47. The van der Waals surface area contributed by atoms with Crippen LogP contribution in [0.5, 0.6) is 0 Å². The molecule has 4 aromatic rings. The van der Waals surface area contributed by atoms with Crippen LogP contribution in [-0.2, 0) is 6.42 Å². The first-order chi connectivity index (χ1) is 14.7. The van der Waals surface area contributed by atoms with Crippen molar-refractivity contribution in [2.45, 2.75) is 6.42 Å². The van der Waals surface area contributed by atoms with Gasteiger partial charge in [-0.3, -0.25) is 4.98 Å². The molecule has 4 rings (SSSR count). The van der Waals surface area contributed by atoms with Crippen molar-refractivity contribution < 1.29 is 4.39 Å². The van der Waals surface area contributed by atoms with Crippen molar-refractivity contribution in [3.8, 4) is 11.4 Å². The standard InChI is InChI=1S/C22H20FN7/c1-30(19-8-12-25-21(28-19)17-5-2-6-18(23)14-17)20-9-13-27-22(29-20)26-11-7-16-4-3-10-24-15-16/h2-6,8-10,12-15H,7,11H2,1H3,(H,26,27,29). The van der Waals surface area contributed by atoms with Crippen LogP contribution in [0.3, 0.4) is 0 Å². The summed E-state index contributed by atoms with van der Waals surface area (Å²) in [6.07, 6.45) is 7.76. The van der Waals surface area contributed by atoms with Gasteiger partial charge in [0.25, 0.3) is 0 Å². The summed E-state index contributed by atoms with van der Waals surface area (Å²) in [5.41, 5.74) is 1.76. The van der Waals surface area contributed by atoms with Crippen molar-refractivity contribution in [3.05, 3.63) is 84.7 Å². The molecule has 150 valence electrons. The minimum atomic E-state index is -0.326. The number of aromatic nitrogens is 5. The first-order valence-electron chi connectivity index (χ1n) is 9.47. The fraction of sp³-hybridized carbons (Fsp3) is 0.136. The van der Waals surface area contributed by atoms with Gasteiger partial charge in [-0.2, -0.15) is 4.98 Å².